The predicted molar refractivity (Wildman–Crippen MR) is 111 cm³/mol. The van der Waals surface area contributed by atoms with Gasteiger partial charge < -0.3 is 14.8 Å². The van der Waals surface area contributed by atoms with Gasteiger partial charge in [0.1, 0.15) is 11.5 Å². The van der Waals surface area contributed by atoms with E-state index in [1.54, 1.807) is 0 Å². The molecule has 1 aliphatic heterocycles. The average molecular weight is 382 g/mol. The minimum absolute atomic E-state index is 0.131. The topological polar surface area (TPSA) is 59.9 Å². The number of carbonyl (C=O) groups is 1. The molecule has 2 aromatic rings. The molecule has 1 saturated heterocycles. The molecule has 6 heteroatoms. The van der Waals surface area contributed by atoms with Gasteiger partial charge in [-0.3, -0.25) is 4.79 Å². The zero-order valence-electron chi connectivity index (χ0n) is 15.6. The molecule has 0 radical (unpaired) electrons. The van der Waals surface area contributed by atoms with E-state index in [4.69, 9.17) is 9.47 Å². The van der Waals surface area contributed by atoms with Gasteiger partial charge in [-0.25, -0.2) is 4.99 Å². The fraction of sp³-hybridized carbons (Fsp3) is 0.238. The Morgan fingerprint density at radius 3 is 2.37 bits per heavy atom. The monoisotopic (exact) mass is 382 g/mol. The first-order valence-corrected chi connectivity index (χ1v) is 9.64. The molecule has 27 heavy (non-hydrogen) atoms. The summed E-state index contributed by atoms with van der Waals surface area (Å²) in [5.74, 6) is 1.47. The number of aliphatic imine (C=N–C) groups is 1. The molecular formula is C21H22N2O3S. The number of nitrogens with one attached hydrogen (secondary N) is 1. The predicted octanol–water partition coefficient (Wildman–Crippen LogP) is 4.76. The Labute approximate surface area is 163 Å². The summed E-state index contributed by atoms with van der Waals surface area (Å²) < 4.78 is 11.1. The van der Waals surface area contributed by atoms with Gasteiger partial charge in [0.15, 0.2) is 5.17 Å². The van der Waals surface area contributed by atoms with E-state index >= 15 is 0 Å². The highest BCUT2D eigenvalue weighted by atomic mass is 32.2. The quantitative estimate of drug-likeness (QED) is 0.732. The molecule has 1 N–H and O–H groups in total. The largest absolute Gasteiger partial charge is 0.494 e. The third-order valence-electron chi connectivity index (χ3n) is 3.58. The van der Waals surface area contributed by atoms with Crippen molar-refractivity contribution in [3.05, 3.63) is 59.0 Å². The molecule has 140 valence electrons. The summed E-state index contributed by atoms with van der Waals surface area (Å²) in [5, 5.41) is 3.36. The third-order valence-corrected chi connectivity index (χ3v) is 4.49. The summed E-state index contributed by atoms with van der Waals surface area (Å²) in [6.45, 7) is 6.54. The van der Waals surface area contributed by atoms with Gasteiger partial charge in [0, 0.05) is 0 Å². The molecule has 0 atom stereocenters. The molecule has 1 amide bonds. The van der Waals surface area contributed by atoms with Gasteiger partial charge in [-0.05, 0) is 80.6 Å². The van der Waals surface area contributed by atoms with Crippen LogP contribution in [-0.4, -0.2) is 23.8 Å². The van der Waals surface area contributed by atoms with Crippen LogP contribution in [0.2, 0.25) is 0 Å². The molecule has 0 saturated carbocycles. The van der Waals surface area contributed by atoms with Crippen LogP contribution >= 0.6 is 11.8 Å². The van der Waals surface area contributed by atoms with Crippen LogP contribution in [0.1, 0.15) is 26.3 Å². The summed E-state index contributed by atoms with van der Waals surface area (Å²) >= 11 is 1.33. The van der Waals surface area contributed by atoms with E-state index < -0.39 is 0 Å². The van der Waals surface area contributed by atoms with Crippen molar-refractivity contribution in [2.24, 2.45) is 4.99 Å². The lowest BCUT2D eigenvalue weighted by molar-refractivity contribution is -0.115. The van der Waals surface area contributed by atoms with Crippen LogP contribution < -0.4 is 14.8 Å². The first-order valence-electron chi connectivity index (χ1n) is 8.82. The van der Waals surface area contributed by atoms with Crippen molar-refractivity contribution in [2.75, 3.05) is 6.61 Å². The van der Waals surface area contributed by atoms with Gasteiger partial charge in [0.2, 0.25) is 0 Å². The first-order chi connectivity index (χ1) is 13.0. The minimum atomic E-state index is -0.146. The second-order valence-electron chi connectivity index (χ2n) is 6.14. The highest BCUT2D eigenvalue weighted by Crippen LogP contribution is 2.29. The van der Waals surface area contributed by atoms with Gasteiger partial charge in [-0.1, -0.05) is 12.1 Å². The van der Waals surface area contributed by atoms with Crippen LogP contribution in [-0.2, 0) is 4.79 Å². The summed E-state index contributed by atoms with van der Waals surface area (Å²) in [7, 11) is 0. The lowest BCUT2D eigenvalue weighted by Crippen LogP contribution is -2.19. The van der Waals surface area contributed by atoms with Gasteiger partial charge in [0.25, 0.3) is 5.91 Å². The van der Waals surface area contributed by atoms with Crippen LogP contribution in [0.15, 0.2) is 58.4 Å². The van der Waals surface area contributed by atoms with Crippen LogP contribution in [0, 0.1) is 0 Å². The van der Waals surface area contributed by atoms with Crippen molar-refractivity contribution in [3.8, 4) is 11.5 Å². The van der Waals surface area contributed by atoms with Crippen molar-refractivity contribution in [1.29, 1.82) is 0 Å². The molecule has 3 rings (SSSR count). The van der Waals surface area contributed by atoms with Crippen molar-refractivity contribution in [3.63, 3.8) is 0 Å². The number of benzene rings is 2. The minimum Gasteiger partial charge on any atom is -0.494 e. The number of hydrogen-bond acceptors (Lipinski definition) is 5. The number of rotatable bonds is 6. The smallest absolute Gasteiger partial charge is 0.264 e. The van der Waals surface area contributed by atoms with Crippen molar-refractivity contribution in [1.82, 2.24) is 5.32 Å². The number of amidine groups is 1. The van der Waals surface area contributed by atoms with E-state index in [9.17, 15) is 4.79 Å². The fourth-order valence-electron chi connectivity index (χ4n) is 2.45. The molecule has 0 spiro atoms. The maximum Gasteiger partial charge on any atom is 0.264 e. The molecule has 0 aliphatic carbocycles. The molecular weight excluding hydrogens is 360 g/mol. The second-order valence-corrected chi connectivity index (χ2v) is 7.17. The Hall–Kier alpha value is -2.73. The maximum absolute atomic E-state index is 12.2. The fourth-order valence-corrected chi connectivity index (χ4v) is 3.29. The Kier molecular flexibility index (Phi) is 6.19. The van der Waals surface area contributed by atoms with E-state index in [1.165, 1.54) is 11.8 Å². The lowest BCUT2D eigenvalue weighted by atomic mass is 10.2. The molecule has 0 unspecified atom stereocenters. The number of nitrogens with zero attached hydrogens (tertiary/aromatic N) is 1. The molecule has 1 fully saturated rings. The van der Waals surface area contributed by atoms with Gasteiger partial charge in [-0.2, -0.15) is 0 Å². The van der Waals surface area contributed by atoms with E-state index in [0.29, 0.717) is 16.7 Å². The van der Waals surface area contributed by atoms with E-state index in [0.717, 1.165) is 22.7 Å². The highest BCUT2D eigenvalue weighted by Gasteiger charge is 2.23. The maximum atomic E-state index is 12.2. The Balaban J connectivity index is 1.70. The van der Waals surface area contributed by atoms with Gasteiger partial charge in [0.05, 0.1) is 23.3 Å². The van der Waals surface area contributed by atoms with E-state index in [-0.39, 0.29) is 12.0 Å². The van der Waals surface area contributed by atoms with Crippen molar-refractivity contribution >= 4 is 34.6 Å². The van der Waals surface area contributed by atoms with Crippen LogP contribution in [0.25, 0.3) is 6.08 Å². The second kappa shape index (κ2) is 8.77. The summed E-state index contributed by atoms with van der Waals surface area (Å²) in [6.07, 6.45) is 1.98. The third kappa shape index (κ3) is 5.37. The number of ether oxygens (including phenoxy) is 2. The summed E-state index contributed by atoms with van der Waals surface area (Å²) in [5.41, 5.74) is 1.70. The Bertz CT molecular complexity index is 856. The molecule has 0 aromatic heterocycles. The van der Waals surface area contributed by atoms with Gasteiger partial charge in [-0.15, -0.1) is 0 Å². The summed E-state index contributed by atoms with van der Waals surface area (Å²) in [6, 6.07) is 15.1. The average Bonchev–Trinajstić information content (AvgIpc) is 2.97. The van der Waals surface area contributed by atoms with E-state index in [2.05, 4.69) is 10.3 Å². The lowest BCUT2D eigenvalue weighted by Gasteiger charge is -2.09. The van der Waals surface area contributed by atoms with Gasteiger partial charge >= 0.3 is 0 Å². The molecule has 5 nitrogen and oxygen atoms in total. The van der Waals surface area contributed by atoms with Crippen LogP contribution in [0.5, 0.6) is 11.5 Å². The standard InChI is InChI=1S/C21H22N2O3S/c1-4-25-17-11-7-16(8-12-17)22-21-23-20(24)19(27-21)13-15-5-9-18(10-6-15)26-14(2)3/h5-14H,4H2,1-3H3,(H,22,23,24)/b19-13+. The SMILES string of the molecule is CCOc1ccc(N=C2NC(=O)/C(=C\c3ccc(OC(C)C)cc3)S2)cc1. The number of carbonyl (C=O) groups excluding carboxylic acids is 1. The molecule has 2 aromatic carbocycles. The van der Waals surface area contributed by atoms with Crippen LogP contribution in [0.3, 0.4) is 0 Å². The number of hydrogen-bond donors (Lipinski definition) is 1. The summed E-state index contributed by atoms with van der Waals surface area (Å²) in [4.78, 5) is 17.3. The molecule has 1 aliphatic rings. The highest BCUT2D eigenvalue weighted by molar-refractivity contribution is 8.18. The van der Waals surface area contributed by atoms with E-state index in [1.807, 2.05) is 75.4 Å². The Morgan fingerprint density at radius 1 is 1.07 bits per heavy atom. The normalized spacial score (nSPS) is 16.8. The molecule has 0 bridgehead atoms. The Morgan fingerprint density at radius 2 is 1.74 bits per heavy atom. The van der Waals surface area contributed by atoms with Crippen molar-refractivity contribution < 1.29 is 14.3 Å². The zero-order chi connectivity index (χ0) is 19.2. The van der Waals surface area contributed by atoms with Crippen LogP contribution in [0.4, 0.5) is 5.69 Å². The zero-order valence-corrected chi connectivity index (χ0v) is 16.4. The van der Waals surface area contributed by atoms with Crippen molar-refractivity contribution in [2.45, 2.75) is 26.9 Å². The first kappa shape index (κ1) is 19.0. The number of thioether (sulfide) groups is 1. The number of amides is 1. The molecule has 1 heterocycles.